The van der Waals surface area contributed by atoms with Crippen LogP contribution in [0.15, 0.2) is 41.4 Å². The summed E-state index contributed by atoms with van der Waals surface area (Å²) in [6.45, 7) is 1.74. The number of benzene rings is 1. The Morgan fingerprint density at radius 1 is 1.22 bits per heavy atom. The second kappa shape index (κ2) is 8.60. The van der Waals surface area contributed by atoms with Crippen LogP contribution in [0.25, 0.3) is 22.3 Å². The van der Waals surface area contributed by atoms with Crippen LogP contribution in [-0.4, -0.2) is 37.4 Å². The lowest BCUT2D eigenvalue weighted by molar-refractivity contribution is 0.334. The van der Waals surface area contributed by atoms with Crippen molar-refractivity contribution in [2.24, 2.45) is 0 Å². The zero-order valence-electron chi connectivity index (χ0n) is 17.8. The fourth-order valence-electron chi connectivity index (χ4n) is 3.97. The SMILES string of the molecule is CC(C)n1c(-c2ccc(S(=O)(=O)NC(CF)CF)cn2)c(C#N)c2ccc(C3CC3)cc21. The van der Waals surface area contributed by atoms with Gasteiger partial charge in [-0.3, -0.25) is 4.98 Å². The van der Waals surface area contributed by atoms with Gasteiger partial charge in [-0.15, -0.1) is 0 Å². The first-order valence-electron chi connectivity index (χ1n) is 10.5. The fourth-order valence-corrected chi connectivity index (χ4v) is 5.11. The van der Waals surface area contributed by atoms with Crippen molar-refractivity contribution in [3.63, 3.8) is 0 Å². The van der Waals surface area contributed by atoms with Gasteiger partial charge in [0.05, 0.1) is 28.5 Å². The van der Waals surface area contributed by atoms with Crippen LogP contribution in [0.4, 0.5) is 8.78 Å². The standard InChI is InChI=1S/C23H24F2N4O2S/c1-14(2)29-22-9-16(15-3-4-15)5-7-19(22)20(12-26)23(29)21-8-6-18(13-27-21)32(30,31)28-17(10-24)11-25/h5-9,13-15,17,28H,3-4,10-11H2,1-2H3. The van der Waals surface area contributed by atoms with Gasteiger partial charge in [0.25, 0.3) is 0 Å². The van der Waals surface area contributed by atoms with E-state index in [1.54, 1.807) is 0 Å². The first-order chi connectivity index (χ1) is 15.3. The van der Waals surface area contributed by atoms with Crippen LogP contribution >= 0.6 is 0 Å². The Balaban J connectivity index is 1.81. The van der Waals surface area contributed by atoms with Gasteiger partial charge >= 0.3 is 0 Å². The summed E-state index contributed by atoms with van der Waals surface area (Å²) in [6.07, 6.45) is 3.48. The average Bonchev–Trinajstić information content (AvgIpc) is 3.58. The molecule has 2 heterocycles. The summed E-state index contributed by atoms with van der Waals surface area (Å²) in [6, 6.07) is 9.91. The van der Waals surface area contributed by atoms with E-state index in [9.17, 15) is 22.5 Å². The summed E-state index contributed by atoms with van der Waals surface area (Å²) in [4.78, 5) is 4.11. The lowest BCUT2D eigenvalue weighted by Gasteiger charge is -2.16. The van der Waals surface area contributed by atoms with Gasteiger partial charge < -0.3 is 4.57 Å². The molecule has 1 aromatic carbocycles. The van der Waals surface area contributed by atoms with E-state index in [1.807, 2.05) is 24.6 Å². The summed E-state index contributed by atoms with van der Waals surface area (Å²) in [5.41, 5.74) is 3.75. The van der Waals surface area contributed by atoms with Crippen LogP contribution in [-0.2, 0) is 10.0 Å². The van der Waals surface area contributed by atoms with Gasteiger partial charge in [0.2, 0.25) is 10.0 Å². The largest absolute Gasteiger partial charge is 0.336 e. The molecule has 32 heavy (non-hydrogen) atoms. The lowest BCUT2D eigenvalue weighted by atomic mass is 10.1. The van der Waals surface area contributed by atoms with Gasteiger partial charge in [-0.25, -0.2) is 21.9 Å². The molecule has 0 bridgehead atoms. The topological polar surface area (TPSA) is 87.8 Å². The molecule has 9 heteroatoms. The molecule has 0 amide bonds. The molecule has 0 radical (unpaired) electrons. The fraction of sp³-hybridized carbons (Fsp3) is 0.391. The molecule has 168 valence electrons. The molecule has 4 rings (SSSR count). The van der Waals surface area contributed by atoms with Gasteiger partial charge in [0.15, 0.2) is 0 Å². The molecule has 0 aliphatic heterocycles. The smallest absolute Gasteiger partial charge is 0.242 e. The van der Waals surface area contributed by atoms with Crippen LogP contribution in [0.1, 0.15) is 49.8 Å². The number of nitrogens with zero attached hydrogens (tertiary/aromatic N) is 3. The lowest BCUT2D eigenvalue weighted by Crippen LogP contribution is -2.37. The number of fused-ring (bicyclic) bond motifs is 1. The van der Waals surface area contributed by atoms with Crippen molar-refractivity contribution in [1.82, 2.24) is 14.3 Å². The Morgan fingerprint density at radius 2 is 1.94 bits per heavy atom. The van der Waals surface area contributed by atoms with Crippen LogP contribution in [0.5, 0.6) is 0 Å². The Labute approximate surface area is 185 Å². The van der Waals surface area contributed by atoms with Crippen LogP contribution < -0.4 is 4.72 Å². The number of hydrogen-bond donors (Lipinski definition) is 1. The van der Waals surface area contributed by atoms with E-state index in [4.69, 9.17) is 0 Å². The first kappa shape index (κ1) is 22.4. The normalized spacial score (nSPS) is 14.4. The van der Waals surface area contributed by atoms with E-state index in [1.165, 1.54) is 30.5 Å². The molecule has 6 nitrogen and oxygen atoms in total. The Morgan fingerprint density at radius 3 is 2.47 bits per heavy atom. The second-order valence-corrected chi connectivity index (χ2v) is 10.1. The number of hydrogen-bond acceptors (Lipinski definition) is 4. The van der Waals surface area contributed by atoms with Gasteiger partial charge in [-0.2, -0.15) is 5.26 Å². The summed E-state index contributed by atoms with van der Waals surface area (Å²) < 4.78 is 54.4. The summed E-state index contributed by atoms with van der Waals surface area (Å²) in [7, 11) is -4.12. The monoisotopic (exact) mass is 458 g/mol. The highest BCUT2D eigenvalue weighted by molar-refractivity contribution is 7.89. The van der Waals surface area contributed by atoms with Crippen LogP contribution in [0, 0.1) is 11.3 Å². The van der Waals surface area contributed by atoms with Gasteiger partial charge in [0.1, 0.15) is 24.3 Å². The zero-order chi connectivity index (χ0) is 23.0. The van der Waals surface area contributed by atoms with Gasteiger partial charge in [-0.1, -0.05) is 12.1 Å². The van der Waals surface area contributed by atoms with Crippen molar-refractivity contribution in [2.45, 2.75) is 49.6 Å². The molecule has 0 spiro atoms. The average molecular weight is 459 g/mol. The van der Waals surface area contributed by atoms with Crippen molar-refractivity contribution in [2.75, 3.05) is 13.3 Å². The quantitative estimate of drug-likeness (QED) is 0.534. The van der Waals surface area contributed by atoms with E-state index >= 15 is 0 Å². The van der Waals surface area contributed by atoms with Crippen molar-refractivity contribution >= 4 is 20.9 Å². The Bertz CT molecular complexity index is 1290. The minimum absolute atomic E-state index is 0.0331. The van der Waals surface area contributed by atoms with E-state index in [0.29, 0.717) is 22.9 Å². The van der Waals surface area contributed by atoms with E-state index < -0.39 is 29.4 Å². The molecule has 2 aromatic heterocycles. The third-order valence-corrected chi connectivity index (χ3v) is 7.19. The highest BCUT2D eigenvalue weighted by atomic mass is 32.2. The minimum Gasteiger partial charge on any atom is -0.336 e. The molecule has 3 aromatic rings. The van der Waals surface area contributed by atoms with Crippen LogP contribution in [0.2, 0.25) is 0 Å². The number of alkyl halides is 2. The van der Waals surface area contributed by atoms with Gasteiger partial charge in [-0.05, 0) is 56.4 Å². The molecule has 1 fully saturated rings. The molecule has 1 saturated carbocycles. The minimum atomic E-state index is -4.12. The van der Waals surface area contributed by atoms with Crippen molar-refractivity contribution in [3.05, 3.63) is 47.7 Å². The number of rotatable bonds is 8. The molecule has 1 aliphatic carbocycles. The number of nitrogens with one attached hydrogen (secondary N) is 1. The number of pyridine rings is 1. The number of sulfonamides is 1. The number of halogens is 2. The Kier molecular flexibility index (Phi) is 6.01. The second-order valence-electron chi connectivity index (χ2n) is 8.36. The Hall–Kier alpha value is -2.83. The highest BCUT2D eigenvalue weighted by Gasteiger charge is 2.27. The number of aromatic nitrogens is 2. The maximum atomic E-state index is 12.8. The summed E-state index contributed by atoms with van der Waals surface area (Å²) in [5, 5.41) is 10.8. The molecule has 0 saturated heterocycles. The summed E-state index contributed by atoms with van der Waals surface area (Å²) in [5.74, 6) is 0.566. The zero-order valence-corrected chi connectivity index (χ0v) is 18.7. The maximum absolute atomic E-state index is 12.8. The molecule has 1 aliphatic rings. The first-order valence-corrected chi connectivity index (χ1v) is 12.0. The summed E-state index contributed by atoms with van der Waals surface area (Å²) >= 11 is 0. The van der Waals surface area contributed by atoms with Crippen molar-refractivity contribution in [1.29, 1.82) is 5.26 Å². The van der Waals surface area contributed by atoms with Crippen molar-refractivity contribution < 1.29 is 17.2 Å². The third-order valence-electron chi connectivity index (χ3n) is 5.69. The van der Waals surface area contributed by atoms with Crippen LogP contribution in [0.3, 0.4) is 0 Å². The molecular formula is C23H24F2N4O2S. The van der Waals surface area contributed by atoms with E-state index in [0.717, 1.165) is 17.1 Å². The third kappa shape index (κ3) is 4.00. The predicted octanol–water partition coefficient (Wildman–Crippen LogP) is 4.62. The maximum Gasteiger partial charge on any atom is 0.242 e. The van der Waals surface area contributed by atoms with Crippen molar-refractivity contribution in [3.8, 4) is 17.5 Å². The van der Waals surface area contributed by atoms with Gasteiger partial charge in [0, 0.05) is 17.6 Å². The molecule has 0 unspecified atom stereocenters. The van der Waals surface area contributed by atoms with E-state index in [2.05, 4.69) is 27.8 Å². The molecule has 0 atom stereocenters. The molecular weight excluding hydrogens is 434 g/mol. The molecule has 1 N–H and O–H groups in total. The van der Waals surface area contributed by atoms with E-state index in [-0.39, 0.29) is 10.9 Å². The number of nitriles is 1. The predicted molar refractivity (Wildman–Crippen MR) is 118 cm³/mol. The highest BCUT2D eigenvalue weighted by Crippen LogP contribution is 2.43.